The third-order valence-corrected chi connectivity index (χ3v) is 3.75. The van der Waals surface area contributed by atoms with Gasteiger partial charge in [0.25, 0.3) is 0 Å². The van der Waals surface area contributed by atoms with E-state index in [2.05, 4.69) is 30.5 Å². The molecule has 1 aliphatic heterocycles. The van der Waals surface area contributed by atoms with Crippen molar-refractivity contribution in [3.8, 4) is 0 Å². The molecule has 3 nitrogen and oxygen atoms in total. The number of unbranched alkanes of at least 4 members (excludes halogenated alkanes) is 3. The summed E-state index contributed by atoms with van der Waals surface area (Å²) in [5.74, 6) is 0. The minimum absolute atomic E-state index is 0.175. The van der Waals surface area contributed by atoms with Crippen molar-refractivity contribution in [3.05, 3.63) is 12.7 Å². The van der Waals surface area contributed by atoms with Crippen LogP contribution in [-0.4, -0.2) is 60.8 Å². The Hall–Kier alpha value is -0.380. The molecular weight excluding hydrogens is 212 g/mol. The Kier molecular flexibility index (Phi) is 6.78. The number of nitrogens with zero attached hydrogens (tertiary/aromatic N) is 2. The van der Waals surface area contributed by atoms with Crippen LogP contribution >= 0.6 is 0 Å². The van der Waals surface area contributed by atoms with E-state index in [0.717, 1.165) is 38.9 Å². The van der Waals surface area contributed by atoms with Gasteiger partial charge in [0, 0.05) is 25.7 Å². The Balaban J connectivity index is 2.20. The van der Waals surface area contributed by atoms with Gasteiger partial charge in [-0.3, -0.25) is 4.90 Å². The molecule has 1 N–H and O–H groups in total. The van der Waals surface area contributed by atoms with Crippen LogP contribution < -0.4 is 0 Å². The minimum Gasteiger partial charge on any atom is -0.391 e. The monoisotopic (exact) mass is 240 g/mol. The van der Waals surface area contributed by atoms with Crippen LogP contribution in [0.2, 0.25) is 0 Å². The fourth-order valence-electron chi connectivity index (χ4n) is 2.47. The summed E-state index contributed by atoms with van der Waals surface area (Å²) in [7, 11) is 4.26. The number of piperazine rings is 1. The van der Waals surface area contributed by atoms with Gasteiger partial charge in [-0.05, 0) is 33.4 Å². The third kappa shape index (κ3) is 5.19. The van der Waals surface area contributed by atoms with Crippen molar-refractivity contribution in [2.24, 2.45) is 0 Å². The van der Waals surface area contributed by atoms with Crippen LogP contribution in [-0.2, 0) is 0 Å². The Morgan fingerprint density at radius 1 is 1.29 bits per heavy atom. The number of hydrogen-bond donors (Lipinski definition) is 1. The maximum atomic E-state index is 10.2. The summed E-state index contributed by atoms with van der Waals surface area (Å²) in [4.78, 5) is 4.61. The summed E-state index contributed by atoms with van der Waals surface area (Å²) in [6.07, 6.45) is 7.36. The molecular formula is C14H28N2O. The van der Waals surface area contributed by atoms with Gasteiger partial charge in [-0.1, -0.05) is 18.9 Å². The second kappa shape index (κ2) is 7.85. The maximum Gasteiger partial charge on any atom is 0.0707 e. The highest BCUT2D eigenvalue weighted by molar-refractivity contribution is 4.84. The van der Waals surface area contributed by atoms with Gasteiger partial charge in [-0.25, -0.2) is 0 Å². The molecule has 1 fully saturated rings. The predicted molar refractivity (Wildman–Crippen MR) is 73.2 cm³/mol. The topological polar surface area (TPSA) is 26.7 Å². The number of hydrogen-bond acceptors (Lipinski definition) is 3. The molecule has 1 rings (SSSR count). The van der Waals surface area contributed by atoms with Crippen molar-refractivity contribution in [2.75, 3.05) is 33.7 Å². The lowest BCUT2D eigenvalue weighted by atomic mass is 10.0. The molecule has 0 bridgehead atoms. The molecule has 0 saturated carbocycles. The van der Waals surface area contributed by atoms with Gasteiger partial charge in [-0.15, -0.1) is 6.58 Å². The van der Waals surface area contributed by atoms with Crippen molar-refractivity contribution in [3.63, 3.8) is 0 Å². The highest BCUT2D eigenvalue weighted by Crippen LogP contribution is 2.15. The van der Waals surface area contributed by atoms with Crippen LogP contribution in [0.4, 0.5) is 0 Å². The first-order valence-corrected chi connectivity index (χ1v) is 6.83. The molecule has 0 aromatic rings. The van der Waals surface area contributed by atoms with E-state index in [4.69, 9.17) is 0 Å². The zero-order valence-electron chi connectivity index (χ0n) is 11.4. The van der Waals surface area contributed by atoms with Gasteiger partial charge in [0.1, 0.15) is 0 Å². The van der Waals surface area contributed by atoms with E-state index in [-0.39, 0.29) is 6.10 Å². The lowest BCUT2D eigenvalue weighted by Crippen LogP contribution is -2.55. The van der Waals surface area contributed by atoms with Crippen molar-refractivity contribution < 1.29 is 5.11 Å². The Morgan fingerprint density at radius 3 is 2.76 bits per heavy atom. The van der Waals surface area contributed by atoms with E-state index in [1.54, 1.807) is 0 Å². The Labute approximate surface area is 106 Å². The van der Waals surface area contributed by atoms with E-state index in [1.165, 1.54) is 12.8 Å². The van der Waals surface area contributed by atoms with Crippen LogP contribution in [0, 0.1) is 0 Å². The van der Waals surface area contributed by atoms with Crippen molar-refractivity contribution >= 4 is 0 Å². The molecule has 3 heteroatoms. The molecule has 0 amide bonds. The summed E-state index contributed by atoms with van der Waals surface area (Å²) in [5.41, 5.74) is 0. The van der Waals surface area contributed by atoms with Gasteiger partial charge in [-0.2, -0.15) is 0 Å². The zero-order chi connectivity index (χ0) is 12.7. The van der Waals surface area contributed by atoms with Gasteiger partial charge in [0.15, 0.2) is 0 Å². The number of allylic oxidation sites excluding steroid dienone is 1. The third-order valence-electron chi connectivity index (χ3n) is 3.75. The van der Waals surface area contributed by atoms with Crippen LogP contribution in [0.25, 0.3) is 0 Å². The summed E-state index contributed by atoms with van der Waals surface area (Å²) < 4.78 is 0. The SMILES string of the molecule is C=CCCCCCC(O)C1CN(C)CCN1C. The first-order chi connectivity index (χ1) is 8.15. The highest BCUT2D eigenvalue weighted by Gasteiger charge is 2.27. The molecule has 17 heavy (non-hydrogen) atoms. The summed E-state index contributed by atoms with van der Waals surface area (Å²) in [5, 5.41) is 10.2. The largest absolute Gasteiger partial charge is 0.391 e. The predicted octanol–water partition coefficient (Wildman–Crippen LogP) is 1.73. The van der Waals surface area contributed by atoms with E-state index >= 15 is 0 Å². The average Bonchev–Trinajstić information content (AvgIpc) is 2.32. The lowest BCUT2D eigenvalue weighted by molar-refractivity contribution is 0.00976. The van der Waals surface area contributed by atoms with Crippen molar-refractivity contribution in [1.82, 2.24) is 9.80 Å². The molecule has 1 heterocycles. The van der Waals surface area contributed by atoms with E-state index in [9.17, 15) is 5.11 Å². The fourth-order valence-corrected chi connectivity index (χ4v) is 2.47. The van der Waals surface area contributed by atoms with Gasteiger partial charge in [0.2, 0.25) is 0 Å². The number of aliphatic hydroxyl groups excluding tert-OH is 1. The summed E-state index contributed by atoms with van der Waals surface area (Å²) in [6, 6.07) is 0.313. The molecule has 0 spiro atoms. The van der Waals surface area contributed by atoms with E-state index in [0.29, 0.717) is 6.04 Å². The number of aliphatic hydroxyl groups is 1. The standard InChI is InChI=1S/C14H28N2O/c1-4-5-6-7-8-9-14(17)13-12-15(2)10-11-16(13)3/h4,13-14,17H,1,5-12H2,2-3H3. The first kappa shape index (κ1) is 14.7. The Bertz CT molecular complexity index is 220. The fraction of sp³-hybridized carbons (Fsp3) is 0.857. The molecule has 2 atom stereocenters. The number of likely N-dealkylation sites (N-methyl/N-ethyl adjacent to an activating group) is 2. The summed E-state index contributed by atoms with van der Waals surface area (Å²) >= 11 is 0. The van der Waals surface area contributed by atoms with E-state index in [1.807, 2.05) is 6.08 Å². The van der Waals surface area contributed by atoms with Gasteiger partial charge in [0.05, 0.1) is 6.10 Å². The first-order valence-electron chi connectivity index (χ1n) is 6.83. The molecule has 1 aliphatic rings. The van der Waals surface area contributed by atoms with Crippen LogP contribution in [0.3, 0.4) is 0 Å². The number of rotatable bonds is 7. The van der Waals surface area contributed by atoms with E-state index < -0.39 is 0 Å². The van der Waals surface area contributed by atoms with Gasteiger partial charge < -0.3 is 10.0 Å². The van der Waals surface area contributed by atoms with Crippen LogP contribution in [0.1, 0.15) is 32.1 Å². The van der Waals surface area contributed by atoms with Gasteiger partial charge >= 0.3 is 0 Å². The molecule has 1 saturated heterocycles. The molecule has 0 aromatic heterocycles. The zero-order valence-corrected chi connectivity index (χ0v) is 11.4. The summed E-state index contributed by atoms with van der Waals surface area (Å²) in [6.45, 7) is 6.89. The smallest absolute Gasteiger partial charge is 0.0707 e. The second-order valence-corrected chi connectivity index (χ2v) is 5.30. The molecule has 2 unspecified atom stereocenters. The quantitative estimate of drug-likeness (QED) is 0.542. The average molecular weight is 240 g/mol. The second-order valence-electron chi connectivity index (χ2n) is 5.30. The van der Waals surface area contributed by atoms with Crippen LogP contribution in [0.15, 0.2) is 12.7 Å². The highest BCUT2D eigenvalue weighted by atomic mass is 16.3. The lowest BCUT2D eigenvalue weighted by Gasteiger charge is -2.40. The van der Waals surface area contributed by atoms with Crippen molar-refractivity contribution in [1.29, 1.82) is 0 Å². The molecule has 100 valence electrons. The maximum absolute atomic E-state index is 10.2. The Morgan fingerprint density at radius 2 is 2.06 bits per heavy atom. The molecule has 0 aromatic carbocycles. The normalized spacial score (nSPS) is 24.8. The minimum atomic E-state index is -0.175. The molecule has 0 radical (unpaired) electrons. The molecule has 0 aliphatic carbocycles. The van der Waals surface area contributed by atoms with Crippen LogP contribution in [0.5, 0.6) is 0 Å². The van der Waals surface area contributed by atoms with Crippen molar-refractivity contribution in [2.45, 2.75) is 44.2 Å².